The Hall–Kier alpha value is -3.12. The van der Waals surface area contributed by atoms with E-state index in [0.29, 0.717) is 24.4 Å². The molecule has 0 fully saturated rings. The summed E-state index contributed by atoms with van der Waals surface area (Å²) in [5.41, 5.74) is 3.73. The van der Waals surface area contributed by atoms with Gasteiger partial charge < -0.3 is 10.2 Å². The molecule has 0 atom stereocenters. The largest absolute Gasteiger partial charge is 0.348 e. The molecule has 146 valence electrons. The number of anilines is 1. The number of fused-ring (bicyclic) bond motifs is 1. The van der Waals surface area contributed by atoms with Crippen molar-refractivity contribution in [2.24, 2.45) is 0 Å². The predicted molar refractivity (Wildman–Crippen MR) is 115 cm³/mol. The summed E-state index contributed by atoms with van der Waals surface area (Å²) in [7, 11) is 0. The number of nitrogens with one attached hydrogen (secondary N) is 1. The molecule has 0 saturated heterocycles. The van der Waals surface area contributed by atoms with Crippen molar-refractivity contribution in [2.45, 2.75) is 17.9 Å². The van der Waals surface area contributed by atoms with Gasteiger partial charge in [0.25, 0.3) is 5.91 Å². The molecule has 1 N–H and O–H groups in total. The van der Waals surface area contributed by atoms with Crippen molar-refractivity contribution >= 4 is 29.3 Å². The molecule has 3 aromatic rings. The zero-order chi connectivity index (χ0) is 20.1. The van der Waals surface area contributed by atoms with Crippen molar-refractivity contribution in [2.75, 3.05) is 17.2 Å². The number of carbonyl (C=O) groups excluding carboxylic acids is 2. The lowest BCUT2D eigenvalue weighted by molar-refractivity contribution is -0.116. The number of thioether (sulfide) groups is 1. The second-order valence-corrected chi connectivity index (χ2v) is 7.77. The molecule has 5 nitrogen and oxygen atoms in total. The van der Waals surface area contributed by atoms with Crippen LogP contribution in [0.2, 0.25) is 0 Å². The van der Waals surface area contributed by atoms with Crippen LogP contribution in [-0.4, -0.2) is 29.1 Å². The molecule has 0 radical (unpaired) electrons. The van der Waals surface area contributed by atoms with E-state index in [-0.39, 0.29) is 11.8 Å². The smallest absolute Gasteiger partial charge is 0.252 e. The van der Waals surface area contributed by atoms with Crippen molar-refractivity contribution in [3.63, 3.8) is 0 Å². The molecule has 0 aliphatic carbocycles. The summed E-state index contributed by atoms with van der Waals surface area (Å²) in [6.07, 6.45) is 4.32. The molecule has 0 spiro atoms. The van der Waals surface area contributed by atoms with Crippen LogP contribution in [-0.2, 0) is 17.8 Å². The normalized spacial score (nSPS) is 12.5. The van der Waals surface area contributed by atoms with Crippen LogP contribution in [0.5, 0.6) is 0 Å². The standard InChI is InChI=1S/C23H21N3O2S/c27-22(26-13-11-18-7-1-3-9-20(18)26)16-29-21-10-4-2-8-19(21)23(28)25-15-17-6-5-12-24-14-17/h1-10,12,14H,11,13,15-16H2,(H,25,28). The lowest BCUT2D eigenvalue weighted by Crippen LogP contribution is -2.30. The predicted octanol–water partition coefficient (Wildman–Crippen LogP) is 3.69. The van der Waals surface area contributed by atoms with Gasteiger partial charge in [-0.2, -0.15) is 0 Å². The molecular formula is C23H21N3O2S. The number of nitrogens with zero attached hydrogens (tertiary/aromatic N) is 2. The van der Waals surface area contributed by atoms with Crippen LogP contribution < -0.4 is 10.2 Å². The van der Waals surface area contributed by atoms with E-state index in [1.807, 2.05) is 53.4 Å². The number of hydrogen-bond acceptors (Lipinski definition) is 4. The molecule has 2 amide bonds. The number of carbonyl (C=O) groups is 2. The summed E-state index contributed by atoms with van der Waals surface area (Å²) in [6, 6.07) is 19.2. The Bertz CT molecular complexity index is 1020. The molecule has 0 bridgehead atoms. The van der Waals surface area contributed by atoms with E-state index in [1.54, 1.807) is 18.5 Å². The van der Waals surface area contributed by atoms with E-state index in [0.717, 1.165) is 22.6 Å². The molecule has 0 unspecified atom stereocenters. The maximum absolute atomic E-state index is 12.8. The van der Waals surface area contributed by atoms with E-state index >= 15 is 0 Å². The highest BCUT2D eigenvalue weighted by Crippen LogP contribution is 2.29. The van der Waals surface area contributed by atoms with Crippen molar-refractivity contribution in [3.05, 3.63) is 89.7 Å². The van der Waals surface area contributed by atoms with Gasteiger partial charge in [0.15, 0.2) is 0 Å². The van der Waals surface area contributed by atoms with Gasteiger partial charge in [0, 0.05) is 36.1 Å². The molecule has 29 heavy (non-hydrogen) atoms. The number of benzene rings is 2. The molecule has 1 aliphatic heterocycles. The molecule has 2 aromatic carbocycles. The van der Waals surface area contributed by atoms with Crippen LogP contribution in [0.4, 0.5) is 5.69 Å². The van der Waals surface area contributed by atoms with Gasteiger partial charge in [0.2, 0.25) is 5.91 Å². The fourth-order valence-corrected chi connectivity index (χ4v) is 4.30. The molecule has 2 heterocycles. The number of pyridine rings is 1. The Balaban J connectivity index is 1.40. The minimum atomic E-state index is -0.157. The van der Waals surface area contributed by atoms with Gasteiger partial charge in [0.05, 0.1) is 11.3 Å². The van der Waals surface area contributed by atoms with Crippen molar-refractivity contribution in [1.29, 1.82) is 0 Å². The minimum Gasteiger partial charge on any atom is -0.348 e. The van der Waals surface area contributed by atoms with Crippen molar-refractivity contribution in [1.82, 2.24) is 10.3 Å². The van der Waals surface area contributed by atoms with Gasteiger partial charge >= 0.3 is 0 Å². The molecular weight excluding hydrogens is 382 g/mol. The zero-order valence-corrected chi connectivity index (χ0v) is 16.7. The first-order valence-electron chi connectivity index (χ1n) is 9.49. The number of hydrogen-bond donors (Lipinski definition) is 1. The summed E-state index contributed by atoms with van der Waals surface area (Å²) < 4.78 is 0. The molecule has 6 heteroatoms. The van der Waals surface area contributed by atoms with Crippen LogP contribution in [0.3, 0.4) is 0 Å². The third kappa shape index (κ3) is 4.49. The second kappa shape index (κ2) is 8.92. The topological polar surface area (TPSA) is 62.3 Å². The first-order valence-corrected chi connectivity index (χ1v) is 10.5. The zero-order valence-electron chi connectivity index (χ0n) is 15.9. The number of rotatable bonds is 6. The van der Waals surface area contributed by atoms with Gasteiger partial charge in [-0.25, -0.2) is 0 Å². The maximum atomic E-state index is 12.8. The highest BCUT2D eigenvalue weighted by Gasteiger charge is 2.24. The Morgan fingerprint density at radius 1 is 1.03 bits per heavy atom. The first-order chi connectivity index (χ1) is 14.2. The average Bonchev–Trinajstić information content (AvgIpc) is 3.21. The maximum Gasteiger partial charge on any atom is 0.252 e. The summed E-state index contributed by atoms with van der Waals surface area (Å²) in [5, 5.41) is 2.92. The van der Waals surface area contributed by atoms with Gasteiger partial charge in [-0.1, -0.05) is 36.4 Å². The first kappa shape index (κ1) is 19.2. The highest BCUT2D eigenvalue weighted by atomic mass is 32.2. The Labute approximate surface area is 174 Å². The van der Waals surface area contributed by atoms with Crippen LogP contribution in [0.1, 0.15) is 21.5 Å². The fraction of sp³-hybridized carbons (Fsp3) is 0.174. The van der Waals surface area contributed by atoms with Crippen LogP contribution in [0.15, 0.2) is 78.0 Å². The van der Waals surface area contributed by atoms with Crippen LogP contribution in [0.25, 0.3) is 0 Å². The third-order valence-electron chi connectivity index (χ3n) is 4.85. The third-order valence-corrected chi connectivity index (χ3v) is 5.91. The van der Waals surface area contributed by atoms with Gasteiger partial charge in [-0.15, -0.1) is 11.8 Å². The molecule has 0 saturated carbocycles. The fourth-order valence-electron chi connectivity index (χ4n) is 3.38. The van der Waals surface area contributed by atoms with Gasteiger partial charge in [-0.05, 0) is 41.8 Å². The average molecular weight is 404 g/mol. The Morgan fingerprint density at radius 3 is 2.72 bits per heavy atom. The van der Waals surface area contributed by atoms with E-state index in [4.69, 9.17) is 0 Å². The summed E-state index contributed by atoms with van der Waals surface area (Å²) >= 11 is 1.40. The SMILES string of the molecule is O=C(NCc1cccnc1)c1ccccc1SCC(=O)N1CCc2ccccc21. The van der Waals surface area contributed by atoms with Crippen molar-refractivity contribution in [3.8, 4) is 0 Å². The van der Waals surface area contributed by atoms with E-state index in [9.17, 15) is 9.59 Å². The summed E-state index contributed by atoms with van der Waals surface area (Å²) in [6.45, 7) is 1.13. The quantitative estimate of drug-likeness (QED) is 0.638. The van der Waals surface area contributed by atoms with E-state index < -0.39 is 0 Å². The Morgan fingerprint density at radius 2 is 1.86 bits per heavy atom. The van der Waals surface area contributed by atoms with Gasteiger partial charge in [-0.3, -0.25) is 14.6 Å². The number of aromatic nitrogens is 1. The molecule has 1 aliphatic rings. The minimum absolute atomic E-state index is 0.0607. The highest BCUT2D eigenvalue weighted by molar-refractivity contribution is 8.00. The lowest BCUT2D eigenvalue weighted by atomic mass is 10.2. The number of para-hydroxylation sites is 1. The van der Waals surface area contributed by atoms with Crippen LogP contribution in [0, 0.1) is 0 Å². The Kier molecular flexibility index (Phi) is 5.91. The lowest BCUT2D eigenvalue weighted by Gasteiger charge is -2.17. The van der Waals surface area contributed by atoms with E-state index in [2.05, 4.69) is 16.4 Å². The summed E-state index contributed by atoms with van der Waals surface area (Å²) in [5.74, 6) is 0.197. The molecule has 1 aromatic heterocycles. The second-order valence-electron chi connectivity index (χ2n) is 6.75. The van der Waals surface area contributed by atoms with Gasteiger partial charge in [0.1, 0.15) is 0 Å². The van der Waals surface area contributed by atoms with Crippen LogP contribution >= 0.6 is 11.8 Å². The van der Waals surface area contributed by atoms with E-state index in [1.165, 1.54) is 17.3 Å². The molecule has 4 rings (SSSR count). The number of amides is 2. The monoisotopic (exact) mass is 403 g/mol. The summed E-state index contributed by atoms with van der Waals surface area (Å²) in [4.78, 5) is 32.1. The van der Waals surface area contributed by atoms with Crippen molar-refractivity contribution < 1.29 is 9.59 Å².